The number of thioether (sulfide) groups is 1. The predicted molar refractivity (Wildman–Crippen MR) is 135 cm³/mol. The Kier molecular flexibility index (Phi) is 6.20. The highest BCUT2D eigenvalue weighted by Gasteiger charge is 2.34. The van der Waals surface area contributed by atoms with Crippen molar-refractivity contribution in [2.75, 3.05) is 23.6 Å². The lowest BCUT2D eigenvalue weighted by atomic mass is 10.2. The molecule has 0 radical (unpaired) electrons. The van der Waals surface area contributed by atoms with Gasteiger partial charge < -0.3 is 19.5 Å². The third-order valence-electron chi connectivity index (χ3n) is 5.03. The number of para-hydroxylation sites is 2. The van der Waals surface area contributed by atoms with Crippen LogP contribution in [-0.2, 0) is 9.59 Å². The van der Waals surface area contributed by atoms with Crippen molar-refractivity contribution < 1.29 is 23.8 Å². The summed E-state index contributed by atoms with van der Waals surface area (Å²) in [4.78, 5) is 27.4. The van der Waals surface area contributed by atoms with Crippen LogP contribution >= 0.6 is 24.0 Å². The van der Waals surface area contributed by atoms with E-state index in [9.17, 15) is 9.59 Å². The zero-order valence-corrected chi connectivity index (χ0v) is 19.4. The number of nitrogens with one attached hydrogen (secondary N) is 1. The molecule has 0 aromatic heterocycles. The smallest absolute Gasteiger partial charge is 0.270 e. The Balaban J connectivity index is 1.31. The number of thiocarbonyl (C=S) groups is 1. The number of nitrogens with zero attached hydrogens (tertiary/aromatic N) is 1. The van der Waals surface area contributed by atoms with Gasteiger partial charge in [0, 0.05) is 17.3 Å². The van der Waals surface area contributed by atoms with Gasteiger partial charge in [-0.3, -0.25) is 14.5 Å². The van der Waals surface area contributed by atoms with Crippen LogP contribution in [0, 0.1) is 0 Å². The summed E-state index contributed by atoms with van der Waals surface area (Å²) in [5, 5.41) is 2.78. The fourth-order valence-corrected chi connectivity index (χ4v) is 4.74. The van der Waals surface area contributed by atoms with E-state index in [1.807, 2.05) is 30.3 Å². The monoisotopic (exact) mass is 490 g/mol. The molecule has 1 N–H and O–H groups in total. The van der Waals surface area contributed by atoms with Crippen LogP contribution in [0.4, 0.5) is 11.4 Å². The summed E-state index contributed by atoms with van der Waals surface area (Å²) in [5.74, 6) is 1.16. The third-order valence-corrected chi connectivity index (χ3v) is 6.33. The summed E-state index contributed by atoms with van der Waals surface area (Å²) in [6.07, 6.45) is 1.72. The first-order valence-electron chi connectivity index (χ1n) is 10.3. The van der Waals surface area contributed by atoms with Crippen molar-refractivity contribution in [2.24, 2.45) is 0 Å². The van der Waals surface area contributed by atoms with E-state index in [1.165, 1.54) is 16.7 Å². The summed E-state index contributed by atoms with van der Waals surface area (Å²) >= 11 is 6.67. The minimum absolute atomic E-state index is 0.150. The second-order valence-corrected chi connectivity index (χ2v) is 8.97. The molecular formula is C25H18N2O5S2. The maximum Gasteiger partial charge on any atom is 0.270 e. The maximum absolute atomic E-state index is 13.2. The molecule has 0 unspecified atom stereocenters. The Morgan fingerprint density at radius 2 is 1.82 bits per heavy atom. The predicted octanol–water partition coefficient (Wildman–Crippen LogP) is 4.84. The van der Waals surface area contributed by atoms with E-state index in [0.717, 1.165) is 0 Å². The molecule has 7 nitrogen and oxygen atoms in total. The molecule has 0 saturated carbocycles. The topological polar surface area (TPSA) is 77.1 Å². The molecule has 0 aliphatic carbocycles. The first kappa shape index (κ1) is 22.0. The Morgan fingerprint density at radius 3 is 2.68 bits per heavy atom. The fraction of sp³-hybridized carbons (Fsp3) is 0.0800. The van der Waals surface area contributed by atoms with Crippen LogP contribution < -0.4 is 24.4 Å². The molecule has 170 valence electrons. The van der Waals surface area contributed by atoms with Crippen LogP contribution in [0.3, 0.4) is 0 Å². The molecule has 2 amide bonds. The lowest BCUT2D eigenvalue weighted by Crippen LogP contribution is -2.27. The van der Waals surface area contributed by atoms with Crippen LogP contribution in [0.5, 0.6) is 17.2 Å². The standard InChI is InChI=1S/C25H18N2O5S2/c28-23(26-17-7-2-1-3-8-17)14-30-19-9-5-4-6-16(19)12-22-24(29)27(25(33)34-22)18-10-11-20-21(13-18)32-15-31-20/h1-13H,14-15H2,(H,26,28)/b22-12+. The summed E-state index contributed by atoms with van der Waals surface area (Å²) in [7, 11) is 0. The Hall–Kier alpha value is -3.82. The highest BCUT2D eigenvalue weighted by atomic mass is 32.2. The second kappa shape index (κ2) is 9.58. The molecule has 34 heavy (non-hydrogen) atoms. The Morgan fingerprint density at radius 1 is 1.06 bits per heavy atom. The first-order chi connectivity index (χ1) is 16.6. The summed E-state index contributed by atoms with van der Waals surface area (Å²) in [6, 6.07) is 21.6. The second-order valence-electron chi connectivity index (χ2n) is 7.30. The van der Waals surface area contributed by atoms with Gasteiger partial charge in [0.1, 0.15) is 5.75 Å². The highest BCUT2D eigenvalue weighted by molar-refractivity contribution is 8.27. The number of carbonyl (C=O) groups excluding carboxylic acids is 2. The largest absolute Gasteiger partial charge is 0.483 e. The van der Waals surface area contributed by atoms with Crippen molar-refractivity contribution in [3.63, 3.8) is 0 Å². The number of anilines is 2. The van der Waals surface area contributed by atoms with Gasteiger partial charge >= 0.3 is 0 Å². The molecule has 2 aliphatic rings. The van der Waals surface area contributed by atoms with Crippen LogP contribution in [0.2, 0.25) is 0 Å². The molecule has 3 aromatic carbocycles. The molecule has 5 rings (SSSR count). The zero-order chi connectivity index (χ0) is 23.5. The van der Waals surface area contributed by atoms with E-state index in [-0.39, 0.29) is 25.2 Å². The van der Waals surface area contributed by atoms with Crippen LogP contribution in [0.25, 0.3) is 6.08 Å². The molecular weight excluding hydrogens is 472 g/mol. The van der Waals surface area contributed by atoms with Crippen LogP contribution in [-0.4, -0.2) is 29.5 Å². The van der Waals surface area contributed by atoms with E-state index in [4.69, 9.17) is 26.4 Å². The number of hydrogen-bond donors (Lipinski definition) is 1. The quantitative estimate of drug-likeness (QED) is 0.391. The SMILES string of the molecule is O=C(COc1ccccc1/C=C1/SC(=S)N(c2ccc3c(c2)OCO3)C1=O)Nc1ccccc1. The van der Waals surface area contributed by atoms with Crippen molar-refractivity contribution in [1.82, 2.24) is 0 Å². The number of benzene rings is 3. The molecule has 2 aliphatic heterocycles. The van der Waals surface area contributed by atoms with Gasteiger partial charge in [0.05, 0.1) is 10.6 Å². The van der Waals surface area contributed by atoms with Crippen LogP contribution in [0.1, 0.15) is 5.56 Å². The number of ether oxygens (including phenoxy) is 3. The maximum atomic E-state index is 13.2. The molecule has 1 saturated heterocycles. The van der Waals surface area contributed by atoms with Crippen molar-refractivity contribution in [1.29, 1.82) is 0 Å². The summed E-state index contributed by atoms with van der Waals surface area (Å²) in [6.45, 7) is -0.0187. The number of rotatable bonds is 6. The van der Waals surface area contributed by atoms with Crippen molar-refractivity contribution in [3.8, 4) is 17.2 Å². The molecule has 2 heterocycles. The van der Waals surface area contributed by atoms with E-state index in [0.29, 0.717) is 43.4 Å². The third kappa shape index (κ3) is 4.61. The van der Waals surface area contributed by atoms with Gasteiger partial charge in [0.25, 0.3) is 11.8 Å². The molecule has 9 heteroatoms. The molecule has 0 spiro atoms. The lowest BCUT2D eigenvalue weighted by molar-refractivity contribution is -0.118. The molecule has 0 bridgehead atoms. The van der Waals surface area contributed by atoms with Gasteiger partial charge in [-0.2, -0.15) is 0 Å². The van der Waals surface area contributed by atoms with Crippen molar-refractivity contribution in [3.05, 3.63) is 83.3 Å². The number of fused-ring (bicyclic) bond motifs is 1. The zero-order valence-electron chi connectivity index (χ0n) is 17.7. The van der Waals surface area contributed by atoms with Crippen molar-refractivity contribution in [2.45, 2.75) is 0 Å². The number of amides is 2. The lowest BCUT2D eigenvalue weighted by Gasteiger charge is -2.14. The molecule has 1 fully saturated rings. The minimum Gasteiger partial charge on any atom is -0.483 e. The van der Waals surface area contributed by atoms with Gasteiger partial charge in [-0.15, -0.1) is 0 Å². The van der Waals surface area contributed by atoms with Gasteiger partial charge in [-0.1, -0.05) is 60.4 Å². The van der Waals surface area contributed by atoms with Gasteiger partial charge in [0.2, 0.25) is 6.79 Å². The van der Waals surface area contributed by atoms with Gasteiger partial charge in [-0.25, -0.2) is 0 Å². The number of carbonyl (C=O) groups is 2. The minimum atomic E-state index is -0.282. The first-order valence-corrected chi connectivity index (χ1v) is 11.6. The highest BCUT2D eigenvalue weighted by Crippen LogP contribution is 2.41. The van der Waals surface area contributed by atoms with Crippen molar-refractivity contribution >= 4 is 57.6 Å². The van der Waals surface area contributed by atoms with Gasteiger partial charge in [0.15, 0.2) is 22.4 Å². The summed E-state index contributed by atoms with van der Waals surface area (Å²) < 4.78 is 16.9. The summed E-state index contributed by atoms with van der Waals surface area (Å²) in [5.41, 5.74) is 1.97. The normalized spacial score (nSPS) is 15.6. The van der Waals surface area contributed by atoms with E-state index in [2.05, 4.69) is 5.32 Å². The van der Waals surface area contributed by atoms with E-state index in [1.54, 1.807) is 48.5 Å². The average Bonchev–Trinajstić information content (AvgIpc) is 3.42. The van der Waals surface area contributed by atoms with E-state index < -0.39 is 0 Å². The molecule has 3 aromatic rings. The Labute approximate surface area is 205 Å². The Bertz CT molecular complexity index is 1310. The average molecular weight is 491 g/mol. The van der Waals surface area contributed by atoms with Crippen LogP contribution in [0.15, 0.2) is 77.7 Å². The number of hydrogen-bond acceptors (Lipinski definition) is 7. The van der Waals surface area contributed by atoms with E-state index >= 15 is 0 Å². The van der Waals surface area contributed by atoms with Gasteiger partial charge in [-0.05, 0) is 36.4 Å². The fourth-order valence-electron chi connectivity index (χ4n) is 3.45. The molecule has 0 atom stereocenters.